The van der Waals surface area contributed by atoms with E-state index in [4.69, 9.17) is 5.73 Å². The maximum absolute atomic E-state index is 13.9. The SMILES string of the molecule is CC(C)c1ccc(-c2cc(C(C)N)ccc2F)cc1. The quantitative estimate of drug-likeness (QED) is 0.852. The first kappa shape index (κ1) is 13.8. The summed E-state index contributed by atoms with van der Waals surface area (Å²) in [5.41, 5.74) is 9.57. The highest BCUT2D eigenvalue weighted by Gasteiger charge is 2.09. The number of hydrogen-bond donors (Lipinski definition) is 1. The molecule has 0 aliphatic carbocycles. The summed E-state index contributed by atoms with van der Waals surface area (Å²) in [6.07, 6.45) is 0. The van der Waals surface area contributed by atoms with Crippen LogP contribution in [0.2, 0.25) is 0 Å². The van der Waals surface area contributed by atoms with E-state index in [0.29, 0.717) is 11.5 Å². The molecule has 1 nitrogen and oxygen atoms in total. The van der Waals surface area contributed by atoms with E-state index in [1.165, 1.54) is 11.6 Å². The first-order valence-electron chi connectivity index (χ1n) is 6.64. The second-order valence-corrected chi connectivity index (χ2v) is 5.30. The van der Waals surface area contributed by atoms with Gasteiger partial charge in [-0.15, -0.1) is 0 Å². The van der Waals surface area contributed by atoms with Crippen LogP contribution < -0.4 is 5.73 Å². The first-order chi connectivity index (χ1) is 8.99. The summed E-state index contributed by atoms with van der Waals surface area (Å²) in [7, 11) is 0. The molecule has 0 heterocycles. The van der Waals surface area contributed by atoms with E-state index in [1.807, 2.05) is 25.1 Å². The lowest BCUT2D eigenvalue weighted by Gasteiger charge is -2.11. The number of rotatable bonds is 3. The lowest BCUT2D eigenvalue weighted by atomic mass is 9.96. The highest BCUT2D eigenvalue weighted by atomic mass is 19.1. The van der Waals surface area contributed by atoms with Crippen LogP contribution in [-0.4, -0.2) is 0 Å². The fourth-order valence-electron chi connectivity index (χ4n) is 2.09. The summed E-state index contributed by atoms with van der Waals surface area (Å²) < 4.78 is 13.9. The van der Waals surface area contributed by atoms with Gasteiger partial charge in [0, 0.05) is 11.6 Å². The van der Waals surface area contributed by atoms with Crippen molar-refractivity contribution >= 4 is 0 Å². The molecule has 0 amide bonds. The average Bonchev–Trinajstić information content (AvgIpc) is 2.39. The van der Waals surface area contributed by atoms with E-state index in [1.54, 1.807) is 6.07 Å². The third-order valence-electron chi connectivity index (χ3n) is 3.40. The van der Waals surface area contributed by atoms with E-state index in [9.17, 15) is 4.39 Å². The van der Waals surface area contributed by atoms with Crippen molar-refractivity contribution in [3.63, 3.8) is 0 Å². The fraction of sp³-hybridized carbons (Fsp3) is 0.294. The van der Waals surface area contributed by atoms with Crippen LogP contribution >= 0.6 is 0 Å². The zero-order valence-electron chi connectivity index (χ0n) is 11.7. The molecule has 1 unspecified atom stereocenters. The van der Waals surface area contributed by atoms with Gasteiger partial charge in [-0.05, 0) is 41.7 Å². The van der Waals surface area contributed by atoms with Crippen LogP contribution in [-0.2, 0) is 0 Å². The Hall–Kier alpha value is -1.67. The molecule has 0 aliphatic heterocycles. The van der Waals surface area contributed by atoms with E-state index in [-0.39, 0.29) is 11.9 Å². The molecule has 2 heteroatoms. The van der Waals surface area contributed by atoms with E-state index in [0.717, 1.165) is 11.1 Å². The van der Waals surface area contributed by atoms with Crippen LogP contribution in [0.1, 0.15) is 43.9 Å². The van der Waals surface area contributed by atoms with Gasteiger partial charge < -0.3 is 5.73 Å². The van der Waals surface area contributed by atoms with Crippen LogP contribution in [0.3, 0.4) is 0 Å². The number of halogens is 1. The van der Waals surface area contributed by atoms with Crippen molar-refractivity contribution < 1.29 is 4.39 Å². The molecule has 0 spiro atoms. The summed E-state index contributed by atoms with van der Waals surface area (Å²) in [6.45, 7) is 6.19. The van der Waals surface area contributed by atoms with Crippen molar-refractivity contribution in [3.8, 4) is 11.1 Å². The fourth-order valence-corrected chi connectivity index (χ4v) is 2.09. The van der Waals surface area contributed by atoms with Gasteiger partial charge in [0.25, 0.3) is 0 Å². The molecule has 2 aromatic rings. The Labute approximate surface area is 114 Å². The van der Waals surface area contributed by atoms with Gasteiger partial charge >= 0.3 is 0 Å². The molecule has 2 N–H and O–H groups in total. The second kappa shape index (κ2) is 5.54. The van der Waals surface area contributed by atoms with Crippen molar-refractivity contribution in [1.29, 1.82) is 0 Å². The van der Waals surface area contributed by atoms with Crippen molar-refractivity contribution in [3.05, 3.63) is 59.4 Å². The Morgan fingerprint density at radius 2 is 1.47 bits per heavy atom. The zero-order valence-corrected chi connectivity index (χ0v) is 11.7. The van der Waals surface area contributed by atoms with Gasteiger partial charge in [0.15, 0.2) is 0 Å². The highest BCUT2D eigenvalue weighted by molar-refractivity contribution is 5.65. The summed E-state index contributed by atoms with van der Waals surface area (Å²) in [5.74, 6) is 0.274. The van der Waals surface area contributed by atoms with Gasteiger partial charge in [-0.3, -0.25) is 0 Å². The van der Waals surface area contributed by atoms with Crippen molar-refractivity contribution in [2.45, 2.75) is 32.7 Å². The van der Waals surface area contributed by atoms with Crippen molar-refractivity contribution in [2.75, 3.05) is 0 Å². The van der Waals surface area contributed by atoms with E-state index >= 15 is 0 Å². The molecule has 0 radical (unpaired) electrons. The summed E-state index contributed by atoms with van der Waals surface area (Å²) in [5, 5.41) is 0. The first-order valence-corrected chi connectivity index (χ1v) is 6.64. The molecule has 2 aromatic carbocycles. The monoisotopic (exact) mass is 257 g/mol. The zero-order chi connectivity index (χ0) is 14.0. The molecule has 0 saturated heterocycles. The molecule has 2 rings (SSSR count). The third-order valence-corrected chi connectivity index (χ3v) is 3.40. The van der Waals surface area contributed by atoms with Crippen LogP contribution in [0.15, 0.2) is 42.5 Å². The minimum absolute atomic E-state index is 0.0886. The molecule has 0 aliphatic rings. The molecule has 1 atom stereocenters. The highest BCUT2D eigenvalue weighted by Crippen LogP contribution is 2.27. The Morgan fingerprint density at radius 1 is 0.895 bits per heavy atom. The molecule has 0 saturated carbocycles. The van der Waals surface area contributed by atoms with Gasteiger partial charge in [0.2, 0.25) is 0 Å². The summed E-state index contributed by atoms with van der Waals surface area (Å²) >= 11 is 0. The topological polar surface area (TPSA) is 26.0 Å². The normalized spacial score (nSPS) is 12.7. The van der Waals surface area contributed by atoms with Crippen LogP contribution in [0.25, 0.3) is 11.1 Å². The second-order valence-electron chi connectivity index (χ2n) is 5.30. The molecular weight excluding hydrogens is 237 g/mol. The predicted octanol–water partition coefficient (Wildman–Crippen LogP) is 4.64. The van der Waals surface area contributed by atoms with Crippen molar-refractivity contribution in [2.24, 2.45) is 5.73 Å². The number of nitrogens with two attached hydrogens (primary N) is 1. The number of benzene rings is 2. The van der Waals surface area contributed by atoms with Gasteiger partial charge in [0.1, 0.15) is 5.82 Å². The lowest BCUT2D eigenvalue weighted by Crippen LogP contribution is -2.05. The van der Waals surface area contributed by atoms with Gasteiger partial charge in [-0.25, -0.2) is 4.39 Å². The van der Waals surface area contributed by atoms with E-state index < -0.39 is 0 Å². The van der Waals surface area contributed by atoms with Crippen LogP contribution in [0, 0.1) is 5.82 Å². The number of hydrogen-bond acceptors (Lipinski definition) is 1. The Kier molecular flexibility index (Phi) is 4.01. The molecule has 19 heavy (non-hydrogen) atoms. The van der Waals surface area contributed by atoms with Crippen LogP contribution in [0.5, 0.6) is 0 Å². The minimum Gasteiger partial charge on any atom is -0.324 e. The van der Waals surface area contributed by atoms with Crippen molar-refractivity contribution in [1.82, 2.24) is 0 Å². The Bertz CT molecular complexity index is 556. The minimum atomic E-state index is -0.207. The Morgan fingerprint density at radius 3 is 2.00 bits per heavy atom. The average molecular weight is 257 g/mol. The van der Waals surface area contributed by atoms with Crippen LogP contribution in [0.4, 0.5) is 4.39 Å². The molecule has 100 valence electrons. The standard InChI is InChI=1S/C17H20FN/c1-11(2)13-4-6-14(7-5-13)16-10-15(12(3)19)8-9-17(16)18/h4-12H,19H2,1-3H3. The third kappa shape index (κ3) is 3.02. The lowest BCUT2D eigenvalue weighted by molar-refractivity contribution is 0.629. The molecular formula is C17H20FN. The summed E-state index contributed by atoms with van der Waals surface area (Å²) in [4.78, 5) is 0. The smallest absolute Gasteiger partial charge is 0.131 e. The molecule has 0 fully saturated rings. The van der Waals surface area contributed by atoms with Gasteiger partial charge in [-0.1, -0.05) is 44.2 Å². The van der Waals surface area contributed by atoms with E-state index in [2.05, 4.69) is 26.0 Å². The maximum Gasteiger partial charge on any atom is 0.131 e. The summed E-state index contributed by atoms with van der Waals surface area (Å²) in [6, 6.07) is 13.0. The van der Waals surface area contributed by atoms with Gasteiger partial charge in [-0.2, -0.15) is 0 Å². The molecule has 0 aromatic heterocycles. The maximum atomic E-state index is 13.9. The predicted molar refractivity (Wildman–Crippen MR) is 78.5 cm³/mol. The molecule has 0 bridgehead atoms. The Balaban J connectivity index is 2.43. The largest absolute Gasteiger partial charge is 0.324 e. The van der Waals surface area contributed by atoms with Gasteiger partial charge in [0.05, 0.1) is 0 Å².